The van der Waals surface area contributed by atoms with E-state index < -0.39 is 12.1 Å². The Bertz CT molecular complexity index is 1040. The van der Waals surface area contributed by atoms with Gasteiger partial charge in [0.1, 0.15) is 11.5 Å². The van der Waals surface area contributed by atoms with Crippen molar-refractivity contribution in [1.82, 2.24) is 16.0 Å². The zero-order valence-electron chi connectivity index (χ0n) is 30.5. The number of carbonyl (C=O) groups excluding carboxylic acids is 3. The Labute approximate surface area is 295 Å². The molecule has 0 saturated heterocycles. The first-order valence-electron chi connectivity index (χ1n) is 17.6. The molecule has 4 atom stereocenters. The van der Waals surface area contributed by atoms with Crippen LogP contribution in [0.25, 0.3) is 0 Å². The van der Waals surface area contributed by atoms with Crippen LogP contribution < -0.4 is 31.2 Å². The molecule has 0 aliphatic heterocycles. The number of unbranched alkanes of at least 4 members (excludes halogenated alkanes) is 3. The molecule has 3 amide bonds. The lowest BCUT2D eigenvalue weighted by Gasteiger charge is -2.30. The van der Waals surface area contributed by atoms with Gasteiger partial charge in [0.2, 0.25) is 5.91 Å². The molecule has 0 saturated carbocycles. The van der Waals surface area contributed by atoms with Gasteiger partial charge in [-0.25, -0.2) is 0 Å². The minimum Gasteiger partial charge on any atom is -0.493 e. The molecule has 0 heterocycles. The fourth-order valence-corrected chi connectivity index (χ4v) is 5.09. The standard InChI is InChI=1S/C36H64N4O7.ClH/c1-8-10-16-38-34(42)24-47-28-14-15-29(33(21-28)46-19-13-12-18-45-7)35(43)40-23-27(25(3)4)20-31(37)32(41)22-30(26(5)6)36(44)39-17-11-9-2;/h14-15,21,25-27,30-32,41H,8-13,16-20,22-24,37H2,1-7H3,(H,38,42)(H,39,44)(H,40,43);1H/t27-,30+,31+,32+;/m1./s1. The number of nitrogens with one attached hydrogen (secondary N) is 3. The molecular formula is C36H65ClN4O7. The van der Waals surface area contributed by atoms with Crippen LogP contribution in [0.15, 0.2) is 18.2 Å². The summed E-state index contributed by atoms with van der Waals surface area (Å²) in [5.74, 6) is 0.150. The number of aliphatic hydroxyl groups is 1. The van der Waals surface area contributed by atoms with Crippen LogP contribution in [0.2, 0.25) is 0 Å². The normalized spacial score (nSPS) is 13.6. The van der Waals surface area contributed by atoms with Gasteiger partial charge in [0.25, 0.3) is 11.8 Å². The summed E-state index contributed by atoms with van der Waals surface area (Å²) >= 11 is 0. The number of aliphatic hydroxyl groups excluding tert-OH is 1. The molecule has 0 fully saturated rings. The van der Waals surface area contributed by atoms with Crippen molar-refractivity contribution < 1.29 is 33.7 Å². The number of nitrogens with two attached hydrogens (primary N) is 1. The summed E-state index contributed by atoms with van der Waals surface area (Å²) in [7, 11) is 1.65. The van der Waals surface area contributed by atoms with Crippen LogP contribution in [0.3, 0.4) is 0 Å². The van der Waals surface area contributed by atoms with Gasteiger partial charge in [-0.05, 0) is 68.4 Å². The van der Waals surface area contributed by atoms with Gasteiger partial charge >= 0.3 is 0 Å². The number of hydrogen-bond donors (Lipinski definition) is 5. The van der Waals surface area contributed by atoms with Crippen molar-refractivity contribution in [1.29, 1.82) is 0 Å². The van der Waals surface area contributed by atoms with Crippen molar-refractivity contribution in [3.8, 4) is 11.5 Å². The maximum atomic E-state index is 13.4. The van der Waals surface area contributed by atoms with Gasteiger partial charge in [-0.3, -0.25) is 14.4 Å². The van der Waals surface area contributed by atoms with Crippen molar-refractivity contribution in [3.63, 3.8) is 0 Å². The highest BCUT2D eigenvalue weighted by Crippen LogP contribution is 2.27. The van der Waals surface area contributed by atoms with Gasteiger partial charge in [0.05, 0.1) is 18.3 Å². The van der Waals surface area contributed by atoms with E-state index in [0.29, 0.717) is 56.3 Å². The molecule has 1 rings (SSSR count). The van der Waals surface area contributed by atoms with E-state index in [1.807, 2.05) is 13.8 Å². The summed E-state index contributed by atoms with van der Waals surface area (Å²) in [6, 6.07) is 4.38. The van der Waals surface area contributed by atoms with E-state index in [9.17, 15) is 19.5 Å². The van der Waals surface area contributed by atoms with Crippen molar-refractivity contribution in [2.75, 3.05) is 46.6 Å². The van der Waals surface area contributed by atoms with E-state index in [1.54, 1.807) is 25.3 Å². The third-order valence-electron chi connectivity index (χ3n) is 8.42. The number of amides is 3. The second-order valence-electron chi connectivity index (χ2n) is 13.1. The fourth-order valence-electron chi connectivity index (χ4n) is 5.09. The van der Waals surface area contributed by atoms with Crippen LogP contribution in [-0.4, -0.2) is 81.5 Å². The van der Waals surface area contributed by atoms with E-state index in [1.165, 1.54) is 0 Å². The molecule has 0 aromatic heterocycles. The monoisotopic (exact) mass is 700 g/mol. The highest BCUT2D eigenvalue weighted by Gasteiger charge is 2.30. The Morgan fingerprint density at radius 3 is 2.10 bits per heavy atom. The van der Waals surface area contributed by atoms with Gasteiger partial charge < -0.3 is 41.0 Å². The molecule has 48 heavy (non-hydrogen) atoms. The summed E-state index contributed by atoms with van der Waals surface area (Å²) in [6.45, 7) is 14.7. The third kappa shape index (κ3) is 18.2. The van der Waals surface area contributed by atoms with Crippen LogP contribution in [-0.2, 0) is 14.3 Å². The Morgan fingerprint density at radius 2 is 1.50 bits per heavy atom. The van der Waals surface area contributed by atoms with E-state index >= 15 is 0 Å². The summed E-state index contributed by atoms with van der Waals surface area (Å²) in [4.78, 5) is 38.3. The average Bonchev–Trinajstić information content (AvgIpc) is 3.03. The van der Waals surface area contributed by atoms with Crippen molar-refractivity contribution >= 4 is 30.1 Å². The van der Waals surface area contributed by atoms with Crippen molar-refractivity contribution in [2.45, 2.75) is 105 Å². The lowest BCUT2D eigenvalue weighted by atomic mass is 9.83. The first-order chi connectivity index (χ1) is 22.4. The van der Waals surface area contributed by atoms with E-state index in [0.717, 1.165) is 38.5 Å². The summed E-state index contributed by atoms with van der Waals surface area (Å²) in [6.07, 6.45) is 5.27. The molecule has 12 heteroatoms. The molecule has 0 aliphatic carbocycles. The van der Waals surface area contributed by atoms with E-state index in [-0.39, 0.29) is 66.8 Å². The van der Waals surface area contributed by atoms with Crippen molar-refractivity contribution in [3.05, 3.63) is 23.8 Å². The molecule has 278 valence electrons. The SMILES string of the molecule is CCCCNC(=O)COc1ccc(C(=O)NC[C@@H](C[C@H](N)[C@@H](O)C[C@H](C(=O)NCCCC)C(C)C)C(C)C)c(OCCCCOC)c1.Cl. The number of rotatable bonds is 26. The highest BCUT2D eigenvalue weighted by molar-refractivity contribution is 5.97. The van der Waals surface area contributed by atoms with Crippen molar-refractivity contribution in [2.24, 2.45) is 29.4 Å². The predicted octanol–water partition coefficient (Wildman–Crippen LogP) is 4.87. The molecule has 0 unspecified atom stereocenters. The lowest BCUT2D eigenvalue weighted by molar-refractivity contribution is -0.127. The molecule has 0 radical (unpaired) electrons. The number of benzene rings is 1. The minimum atomic E-state index is -0.851. The number of hydrogen-bond acceptors (Lipinski definition) is 8. The smallest absolute Gasteiger partial charge is 0.257 e. The summed E-state index contributed by atoms with van der Waals surface area (Å²) in [5, 5.41) is 19.9. The van der Waals surface area contributed by atoms with E-state index in [4.69, 9.17) is 19.9 Å². The van der Waals surface area contributed by atoms with Gasteiger partial charge in [-0.15, -0.1) is 12.4 Å². The van der Waals surface area contributed by atoms with Crippen LogP contribution in [0.4, 0.5) is 0 Å². The quantitative estimate of drug-likeness (QED) is 0.0856. The third-order valence-corrected chi connectivity index (χ3v) is 8.42. The maximum Gasteiger partial charge on any atom is 0.257 e. The molecule has 0 bridgehead atoms. The fraction of sp³-hybridized carbons (Fsp3) is 0.750. The summed E-state index contributed by atoms with van der Waals surface area (Å²) in [5.41, 5.74) is 6.85. The lowest BCUT2D eigenvalue weighted by Crippen LogP contribution is -2.44. The highest BCUT2D eigenvalue weighted by atomic mass is 35.5. The summed E-state index contributed by atoms with van der Waals surface area (Å²) < 4.78 is 16.8. The van der Waals surface area contributed by atoms with Gasteiger partial charge in [-0.2, -0.15) is 0 Å². The first kappa shape index (κ1) is 45.4. The molecule has 11 nitrogen and oxygen atoms in total. The number of halogens is 1. The van der Waals surface area contributed by atoms with Crippen LogP contribution in [0, 0.1) is 23.7 Å². The molecule has 1 aromatic rings. The second-order valence-corrected chi connectivity index (χ2v) is 13.1. The van der Waals surface area contributed by atoms with E-state index in [2.05, 4.69) is 43.6 Å². The Balaban J connectivity index is 0.0000221. The zero-order chi connectivity index (χ0) is 35.2. The molecule has 1 aromatic carbocycles. The Morgan fingerprint density at radius 1 is 0.854 bits per heavy atom. The maximum absolute atomic E-state index is 13.4. The van der Waals surface area contributed by atoms with Crippen LogP contribution in [0.1, 0.15) is 103 Å². The minimum absolute atomic E-state index is 0. The van der Waals surface area contributed by atoms with Gasteiger partial charge in [0, 0.05) is 51.4 Å². The molecule has 0 aliphatic rings. The Kier molecular flexibility index (Phi) is 24.9. The topological polar surface area (TPSA) is 161 Å². The number of ether oxygens (including phenoxy) is 3. The van der Waals surface area contributed by atoms with Gasteiger partial charge in [-0.1, -0.05) is 54.4 Å². The largest absolute Gasteiger partial charge is 0.493 e. The average molecular weight is 701 g/mol. The van der Waals surface area contributed by atoms with Crippen LogP contribution in [0.5, 0.6) is 11.5 Å². The molecule has 0 spiro atoms. The van der Waals surface area contributed by atoms with Gasteiger partial charge in [0.15, 0.2) is 6.61 Å². The molecule has 6 N–H and O–H groups in total. The second kappa shape index (κ2) is 26.3. The zero-order valence-corrected chi connectivity index (χ0v) is 31.3. The number of methoxy groups -OCH3 is 1. The Hall–Kier alpha value is -2.60. The van der Waals surface area contributed by atoms with Crippen LogP contribution >= 0.6 is 12.4 Å². The predicted molar refractivity (Wildman–Crippen MR) is 194 cm³/mol. The first-order valence-corrected chi connectivity index (χ1v) is 17.6. The number of carbonyl (C=O) groups is 3. The molecular weight excluding hydrogens is 636 g/mol.